The number of nitrogens with zero attached hydrogens (tertiary/aromatic N) is 1. The van der Waals surface area contributed by atoms with Gasteiger partial charge < -0.3 is 23.8 Å². The molecule has 7 nitrogen and oxygen atoms in total. The Bertz CT molecular complexity index is 714. The van der Waals surface area contributed by atoms with E-state index >= 15 is 0 Å². The first-order valence-corrected chi connectivity index (χ1v) is 9.15. The van der Waals surface area contributed by atoms with Gasteiger partial charge in [0.15, 0.2) is 11.5 Å². The van der Waals surface area contributed by atoms with E-state index in [1.54, 1.807) is 18.9 Å². The third-order valence-electron chi connectivity index (χ3n) is 5.70. The fourth-order valence-corrected chi connectivity index (χ4v) is 3.88. The van der Waals surface area contributed by atoms with Gasteiger partial charge in [0.1, 0.15) is 11.9 Å². The lowest BCUT2D eigenvalue weighted by atomic mass is 9.73. The highest BCUT2D eigenvalue weighted by molar-refractivity contribution is 5.85. The van der Waals surface area contributed by atoms with Crippen LogP contribution in [0.2, 0.25) is 0 Å². The number of benzene rings is 1. The first-order valence-electron chi connectivity index (χ1n) is 9.15. The predicted octanol–water partition coefficient (Wildman–Crippen LogP) is 2.62. The van der Waals surface area contributed by atoms with Gasteiger partial charge in [0.05, 0.1) is 32.8 Å². The van der Waals surface area contributed by atoms with Crippen molar-refractivity contribution in [2.24, 2.45) is 5.41 Å². The van der Waals surface area contributed by atoms with Crippen LogP contribution in [0.25, 0.3) is 0 Å². The van der Waals surface area contributed by atoms with Gasteiger partial charge in [-0.2, -0.15) is 0 Å². The number of likely N-dealkylation sites (tertiary alicyclic amines) is 1. The molecule has 2 fully saturated rings. The minimum atomic E-state index is -0.684. The minimum absolute atomic E-state index is 0.0107. The molecule has 1 unspecified atom stereocenters. The lowest BCUT2D eigenvalue weighted by Gasteiger charge is -2.28. The molecule has 148 valence electrons. The summed E-state index contributed by atoms with van der Waals surface area (Å²) in [5, 5.41) is 0. The van der Waals surface area contributed by atoms with Gasteiger partial charge >= 0.3 is 6.09 Å². The standard InChI is InChI=1S/C20H27NO6/c1-13(22)20(2)12-21(19(23)25-4)10-16(20)14-5-6-17(24-3)18(9-14)27-15-7-8-26-11-15/h5-6,9,15-16H,7-8,10-12H2,1-4H3/t15?,16-,20-/m1/s1. The highest BCUT2D eigenvalue weighted by Gasteiger charge is 2.49. The molecule has 0 aliphatic carbocycles. The summed E-state index contributed by atoms with van der Waals surface area (Å²) in [4.78, 5) is 26.1. The number of ether oxygens (including phenoxy) is 4. The molecule has 1 aromatic rings. The van der Waals surface area contributed by atoms with Crippen molar-refractivity contribution in [3.63, 3.8) is 0 Å². The summed E-state index contributed by atoms with van der Waals surface area (Å²) >= 11 is 0. The molecule has 1 amide bonds. The highest BCUT2D eigenvalue weighted by atomic mass is 16.6. The Morgan fingerprint density at radius 2 is 2.04 bits per heavy atom. The zero-order valence-corrected chi connectivity index (χ0v) is 16.3. The van der Waals surface area contributed by atoms with Crippen LogP contribution in [0.4, 0.5) is 4.79 Å². The van der Waals surface area contributed by atoms with E-state index in [0.29, 0.717) is 37.8 Å². The molecular weight excluding hydrogens is 350 g/mol. The van der Waals surface area contributed by atoms with Crippen molar-refractivity contribution in [1.82, 2.24) is 4.90 Å². The second-order valence-electron chi connectivity index (χ2n) is 7.39. The second-order valence-corrected chi connectivity index (χ2v) is 7.39. The zero-order chi connectivity index (χ0) is 19.6. The van der Waals surface area contributed by atoms with E-state index in [1.807, 2.05) is 25.1 Å². The van der Waals surface area contributed by atoms with Gasteiger partial charge in [0, 0.05) is 25.4 Å². The SMILES string of the molecule is COC(=O)N1C[C@H](c2ccc(OC)c(OC3CCOC3)c2)[C@@](C)(C(C)=O)C1. The molecule has 2 heterocycles. The summed E-state index contributed by atoms with van der Waals surface area (Å²) in [5.41, 5.74) is 0.255. The van der Waals surface area contributed by atoms with Crippen LogP contribution in [0.15, 0.2) is 18.2 Å². The molecule has 7 heteroatoms. The fourth-order valence-electron chi connectivity index (χ4n) is 3.88. The van der Waals surface area contributed by atoms with Crippen LogP contribution >= 0.6 is 0 Å². The molecule has 0 aromatic heterocycles. The van der Waals surface area contributed by atoms with E-state index in [4.69, 9.17) is 18.9 Å². The molecule has 0 saturated carbocycles. The third-order valence-corrected chi connectivity index (χ3v) is 5.70. The molecular formula is C20H27NO6. The zero-order valence-electron chi connectivity index (χ0n) is 16.3. The Labute approximate surface area is 159 Å². The number of ketones is 1. The van der Waals surface area contributed by atoms with Gasteiger partial charge in [0.25, 0.3) is 0 Å². The first-order chi connectivity index (χ1) is 12.9. The highest BCUT2D eigenvalue weighted by Crippen LogP contribution is 2.45. The van der Waals surface area contributed by atoms with Crippen LogP contribution in [-0.2, 0) is 14.3 Å². The normalized spacial score (nSPS) is 27.5. The van der Waals surface area contributed by atoms with Crippen molar-refractivity contribution in [1.29, 1.82) is 0 Å². The largest absolute Gasteiger partial charge is 0.493 e. The van der Waals surface area contributed by atoms with Crippen LogP contribution in [-0.4, -0.2) is 63.4 Å². The number of methoxy groups -OCH3 is 2. The van der Waals surface area contributed by atoms with Crippen molar-refractivity contribution in [3.05, 3.63) is 23.8 Å². The van der Waals surface area contributed by atoms with E-state index < -0.39 is 11.5 Å². The number of hydrogen-bond donors (Lipinski definition) is 0. The van der Waals surface area contributed by atoms with Crippen LogP contribution in [0.5, 0.6) is 11.5 Å². The fraction of sp³-hybridized carbons (Fsp3) is 0.600. The molecule has 0 radical (unpaired) electrons. The Hall–Kier alpha value is -2.28. The maximum absolute atomic E-state index is 12.4. The van der Waals surface area contributed by atoms with Crippen LogP contribution in [0.1, 0.15) is 31.7 Å². The molecule has 0 bridgehead atoms. The van der Waals surface area contributed by atoms with Gasteiger partial charge in [0.2, 0.25) is 0 Å². The molecule has 2 aliphatic rings. The van der Waals surface area contributed by atoms with Gasteiger partial charge in [-0.1, -0.05) is 13.0 Å². The summed E-state index contributed by atoms with van der Waals surface area (Å²) < 4.78 is 21.8. The molecule has 1 aromatic carbocycles. The number of amides is 1. The van der Waals surface area contributed by atoms with Gasteiger partial charge in [-0.25, -0.2) is 4.79 Å². The maximum Gasteiger partial charge on any atom is 0.409 e. The lowest BCUT2D eigenvalue weighted by molar-refractivity contribution is -0.125. The Morgan fingerprint density at radius 1 is 1.26 bits per heavy atom. The maximum atomic E-state index is 12.4. The van der Waals surface area contributed by atoms with E-state index in [9.17, 15) is 9.59 Å². The van der Waals surface area contributed by atoms with Crippen LogP contribution in [0.3, 0.4) is 0 Å². The summed E-state index contributed by atoms with van der Waals surface area (Å²) in [5.74, 6) is 1.16. The summed E-state index contributed by atoms with van der Waals surface area (Å²) in [6.07, 6.45) is 0.402. The second kappa shape index (κ2) is 7.76. The quantitative estimate of drug-likeness (QED) is 0.785. The average molecular weight is 377 g/mol. The van der Waals surface area contributed by atoms with Crippen LogP contribution in [0, 0.1) is 5.41 Å². The van der Waals surface area contributed by atoms with E-state index in [-0.39, 0.29) is 17.8 Å². The molecule has 0 spiro atoms. The smallest absolute Gasteiger partial charge is 0.409 e. The predicted molar refractivity (Wildman–Crippen MR) is 98.4 cm³/mol. The van der Waals surface area contributed by atoms with E-state index in [0.717, 1.165) is 12.0 Å². The number of carbonyl (C=O) groups excluding carboxylic acids is 2. The van der Waals surface area contributed by atoms with E-state index in [1.165, 1.54) is 7.11 Å². The lowest BCUT2D eigenvalue weighted by Crippen LogP contribution is -2.35. The molecule has 0 N–H and O–H groups in total. The van der Waals surface area contributed by atoms with Crippen LogP contribution < -0.4 is 9.47 Å². The first kappa shape index (κ1) is 19.5. The molecule has 3 atom stereocenters. The van der Waals surface area contributed by atoms with E-state index in [2.05, 4.69) is 0 Å². The molecule has 2 aliphatic heterocycles. The third kappa shape index (κ3) is 3.74. The molecule has 3 rings (SSSR count). The van der Waals surface area contributed by atoms with Gasteiger partial charge in [-0.3, -0.25) is 4.79 Å². The number of carbonyl (C=O) groups is 2. The molecule has 2 saturated heterocycles. The minimum Gasteiger partial charge on any atom is -0.493 e. The summed E-state index contributed by atoms with van der Waals surface area (Å²) in [6.45, 7) is 5.46. The Kier molecular flexibility index (Phi) is 5.60. The van der Waals surface area contributed by atoms with Crippen molar-refractivity contribution in [2.75, 3.05) is 40.5 Å². The monoisotopic (exact) mass is 377 g/mol. The Balaban J connectivity index is 1.92. The van der Waals surface area contributed by atoms with Crippen molar-refractivity contribution in [2.45, 2.75) is 32.3 Å². The summed E-state index contributed by atoms with van der Waals surface area (Å²) in [6, 6.07) is 5.70. The van der Waals surface area contributed by atoms with Crippen molar-refractivity contribution < 1.29 is 28.5 Å². The van der Waals surface area contributed by atoms with Gasteiger partial charge in [-0.15, -0.1) is 0 Å². The number of hydrogen-bond acceptors (Lipinski definition) is 6. The summed E-state index contributed by atoms with van der Waals surface area (Å²) in [7, 11) is 2.95. The average Bonchev–Trinajstić information content (AvgIpc) is 3.29. The number of rotatable bonds is 5. The molecule has 27 heavy (non-hydrogen) atoms. The van der Waals surface area contributed by atoms with Crippen molar-refractivity contribution in [3.8, 4) is 11.5 Å². The number of Topliss-reactive ketones (excluding diaryl/α,β-unsaturated/α-hetero) is 1. The topological polar surface area (TPSA) is 74.3 Å². The van der Waals surface area contributed by atoms with Gasteiger partial charge in [-0.05, 0) is 24.6 Å². The Morgan fingerprint density at radius 3 is 2.63 bits per heavy atom. The van der Waals surface area contributed by atoms with Crippen molar-refractivity contribution >= 4 is 11.9 Å².